The maximum atomic E-state index is 10.2. The van der Waals surface area contributed by atoms with Crippen LogP contribution in [-0.2, 0) is 19.1 Å². The lowest BCUT2D eigenvalue weighted by atomic mass is 10.4. The molecule has 0 aliphatic rings. The Balaban J connectivity index is 0. The quantitative estimate of drug-likeness (QED) is 0.382. The third-order valence-electron chi connectivity index (χ3n) is 1.40. The van der Waals surface area contributed by atoms with Crippen molar-refractivity contribution in [1.29, 1.82) is 0 Å². The molecule has 0 aromatic carbocycles. The number of nitrogens with two attached hydrogens (primary N) is 2. The van der Waals surface area contributed by atoms with Crippen molar-refractivity contribution in [3.05, 3.63) is 25.3 Å². The number of carboxylic acids is 2. The van der Waals surface area contributed by atoms with E-state index in [1.54, 1.807) is 0 Å². The van der Waals surface area contributed by atoms with Gasteiger partial charge in [0.1, 0.15) is 0 Å². The van der Waals surface area contributed by atoms with E-state index in [9.17, 15) is 9.59 Å². The minimum absolute atomic E-state index is 0.299. The molecule has 0 aliphatic carbocycles. The largest absolute Gasteiger partial charge is 0.478 e. The first kappa shape index (κ1) is 20.1. The van der Waals surface area contributed by atoms with E-state index in [1.165, 1.54) is 0 Å². The summed E-state index contributed by atoms with van der Waals surface area (Å²) in [6.07, 6.45) is -0.0850. The number of carboxylic acid groups (broad SMARTS) is 2. The maximum absolute atomic E-state index is 10.2. The molecule has 8 nitrogen and oxygen atoms in total. The Morgan fingerprint density at radius 3 is 1.25 bits per heavy atom. The van der Waals surface area contributed by atoms with Crippen LogP contribution < -0.4 is 11.5 Å². The molecular formula is C10H14N2O6S2. The van der Waals surface area contributed by atoms with E-state index in [0.717, 1.165) is 12.2 Å². The summed E-state index contributed by atoms with van der Waals surface area (Å²) in [5.41, 5.74) is 9.81. The molecule has 20 heavy (non-hydrogen) atoms. The number of aliphatic carboxylic acids is 2. The fourth-order valence-corrected chi connectivity index (χ4v) is 0.856. The van der Waals surface area contributed by atoms with Gasteiger partial charge in [0.05, 0.1) is 0 Å². The van der Waals surface area contributed by atoms with Gasteiger partial charge in [-0.2, -0.15) is 0 Å². The number of hydrogen-bond acceptors (Lipinski definition) is 6. The van der Waals surface area contributed by atoms with Crippen LogP contribution in [0, 0.1) is 0 Å². The molecule has 0 rings (SSSR count). The highest BCUT2D eigenvalue weighted by Crippen LogP contribution is 1.93. The molecule has 10 heteroatoms. The first-order valence-electron chi connectivity index (χ1n) is 4.78. The Hall–Kier alpha value is -2.20. The third-order valence-corrected chi connectivity index (χ3v) is 1.59. The van der Waals surface area contributed by atoms with Gasteiger partial charge in [-0.3, -0.25) is 0 Å². The van der Waals surface area contributed by atoms with Crippen LogP contribution in [0.1, 0.15) is 0 Å². The van der Waals surface area contributed by atoms with Crippen molar-refractivity contribution < 1.29 is 29.3 Å². The molecule has 0 saturated carbocycles. The first-order valence-corrected chi connectivity index (χ1v) is 5.60. The fourth-order valence-electron chi connectivity index (χ4n) is 0.649. The van der Waals surface area contributed by atoms with E-state index in [2.05, 4.69) is 47.1 Å². The molecule has 0 bridgehead atoms. The first-order chi connectivity index (χ1) is 9.15. The second-order valence-corrected chi connectivity index (χ2v) is 3.67. The van der Waals surface area contributed by atoms with Gasteiger partial charge in [-0.25, -0.2) is 9.59 Å². The van der Waals surface area contributed by atoms with Crippen molar-refractivity contribution in [2.45, 2.75) is 12.2 Å². The molecule has 0 aliphatic heterocycles. The molecule has 2 unspecified atom stereocenters. The molecule has 0 aromatic heterocycles. The average Bonchev–Trinajstić information content (AvgIpc) is 2.32. The smallest absolute Gasteiger partial charge is 0.349 e. The van der Waals surface area contributed by atoms with E-state index in [-0.39, 0.29) is 10.3 Å². The molecule has 0 amide bonds. The third kappa shape index (κ3) is 10.9. The zero-order valence-electron chi connectivity index (χ0n) is 10.2. The summed E-state index contributed by atoms with van der Waals surface area (Å²) in [7, 11) is 0. The molecule has 0 saturated heterocycles. The number of hydrogen-bond donors (Lipinski definition) is 4. The zero-order valence-corrected chi connectivity index (χ0v) is 11.9. The summed E-state index contributed by atoms with van der Waals surface area (Å²) in [5, 5.41) is 16.0. The summed E-state index contributed by atoms with van der Waals surface area (Å²) < 4.78 is 8.91. The van der Waals surface area contributed by atoms with Crippen LogP contribution in [0.3, 0.4) is 0 Å². The minimum Gasteiger partial charge on any atom is -0.478 e. The summed E-state index contributed by atoms with van der Waals surface area (Å²) in [5.74, 6) is -2.33. The van der Waals surface area contributed by atoms with Crippen LogP contribution in [0.15, 0.2) is 25.3 Å². The second-order valence-electron chi connectivity index (χ2n) is 2.86. The van der Waals surface area contributed by atoms with E-state index < -0.39 is 24.1 Å². The van der Waals surface area contributed by atoms with Crippen LogP contribution in [0.2, 0.25) is 0 Å². The lowest BCUT2D eigenvalue weighted by molar-refractivity contribution is -0.144. The average molecular weight is 322 g/mol. The van der Waals surface area contributed by atoms with Crippen LogP contribution in [0.5, 0.6) is 0 Å². The Morgan fingerprint density at radius 2 is 1.20 bits per heavy atom. The second kappa shape index (κ2) is 10.7. The van der Waals surface area contributed by atoms with Crippen LogP contribution in [0.4, 0.5) is 0 Å². The molecule has 2 atom stereocenters. The van der Waals surface area contributed by atoms with Gasteiger partial charge in [-0.1, -0.05) is 13.2 Å². The van der Waals surface area contributed by atoms with Crippen molar-refractivity contribution in [1.82, 2.24) is 0 Å². The van der Waals surface area contributed by atoms with Crippen LogP contribution in [-0.4, -0.2) is 44.7 Å². The highest BCUT2D eigenvalue weighted by molar-refractivity contribution is 7.80. The predicted molar refractivity (Wildman–Crippen MR) is 79.0 cm³/mol. The van der Waals surface area contributed by atoms with Gasteiger partial charge in [0.15, 0.2) is 0 Å². The van der Waals surface area contributed by atoms with Gasteiger partial charge in [0.25, 0.3) is 10.3 Å². The fraction of sp³-hybridized carbons (Fsp3) is 0.200. The SMILES string of the molecule is C=CC(OC(N)=S)C(=O)O.C=CC(OC(N)=S)C(=O)O. The summed E-state index contributed by atoms with van der Waals surface area (Å²) >= 11 is 8.60. The lowest BCUT2D eigenvalue weighted by Crippen LogP contribution is -2.27. The molecule has 0 spiro atoms. The molecular weight excluding hydrogens is 308 g/mol. The molecule has 0 heterocycles. The van der Waals surface area contributed by atoms with Gasteiger partial charge in [-0.05, 0) is 36.6 Å². The zero-order chi connectivity index (χ0) is 16.3. The number of rotatable bonds is 6. The topological polar surface area (TPSA) is 145 Å². The summed E-state index contributed by atoms with van der Waals surface area (Å²) in [4.78, 5) is 20.3. The van der Waals surface area contributed by atoms with Gasteiger partial charge < -0.3 is 31.2 Å². The molecule has 0 fully saturated rings. The monoisotopic (exact) mass is 322 g/mol. The molecule has 0 radical (unpaired) electrons. The molecule has 0 aromatic rings. The highest BCUT2D eigenvalue weighted by atomic mass is 32.1. The minimum atomic E-state index is -1.16. The van der Waals surface area contributed by atoms with Crippen molar-refractivity contribution >= 4 is 46.7 Å². The van der Waals surface area contributed by atoms with Crippen molar-refractivity contribution in [2.24, 2.45) is 11.5 Å². The van der Waals surface area contributed by atoms with E-state index >= 15 is 0 Å². The predicted octanol–water partition coefficient (Wildman–Crippen LogP) is -0.228. The van der Waals surface area contributed by atoms with Crippen molar-refractivity contribution in [2.75, 3.05) is 0 Å². The Bertz CT molecular complexity index is 375. The van der Waals surface area contributed by atoms with E-state index in [4.69, 9.17) is 21.7 Å². The highest BCUT2D eigenvalue weighted by Gasteiger charge is 2.14. The van der Waals surface area contributed by atoms with Crippen molar-refractivity contribution in [3.8, 4) is 0 Å². The lowest BCUT2D eigenvalue weighted by Gasteiger charge is -2.07. The summed E-state index contributed by atoms with van der Waals surface area (Å²) in [6.45, 7) is 6.43. The van der Waals surface area contributed by atoms with Gasteiger partial charge in [0, 0.05) is 0 Å². The summed E-state index contributed by atoms with van der Waals surface area (Å²) in [6, 6.07) is 0. The number of ether oxygens (including phenoxy) is 2. The van der Waals surface area contributed by atoms with Crippen LogP contribution >= 0.6 is 24.4 Å². The van der Waals surface area contributed by atoms with Gasteiger partial charge in [0.2, 0.25) is 12.2 Å². The number of thiocarbonyl (C=S) groups is 2. The maximum Gasteiger partial charge on any atom is 0.349 e. The van der Waals surface area contributed by atoms with Crippen molar-refractivity contribution in [3.63, 3.8) is 0 Å². The number of carbonyl (C=O) groups is 2. The Morgan fingerprint density at radius 1 is 0.950 bits per heavy atom. The Kier molecular flexibility index (Phi) is 10.8. The standard InChI is InChI=1S/2C5H7NO3S/c2*1-2-3(4(7)8)9-5(6)10/h2*2-3H,1H2,(H2,6,10)(H,7,8). The van der Waals surface area contributed by atoms with E-state index in [0.29, 0.717) is 0 Å². The molecule has 112 valence electrons. The molecule has 6 N–H and O–H groups in total. The van der Waals surface area contributed by atoms with E-state index in [1.807, 2.05) is 0 Å². The van der Waals surface area contributed by atoms with Gasteiger partial charge in [-0.15, -0.1) is 0 Å². The normalized spacial score (nSPS) is 11.6. The van der Waals surface area contributed by atoms with Gasteiger partial charge >= 0.3 is 11.9 Å². The van der Waals surface area contributed by atoms with Crippen LogP contribution in [0.25, 0.3) is 0 Å². The Labute approximate surface area is 125 Å².